The second kappa shape index (κ2) is 6.08. The Balaban J connectivity index is 1.48. The van der Waals surface area contributed by atoms with Crippen LogP contribution in [0.1, 0.15) is 56.4 Å². The highest BCUT2D eigenvalue weighted by Gasteiger charge is 2.26. The first-order valence-corrected chi connectivity index (χ1v) is 8.57. The van der Waals surface area contributed by atoms with Gasteiger partial charge in [0.25, 0.3) is 0 Å². The van der Waals surface area contributed by atoms with Gasteiger partial charge in [-0.3, -0.25) is 4.79 Å². The quantitative estimate of drug-likeness (QED) is 0.816. The van der Waals surface area contributed by atoms with E-state index < -0.39 is 0 Å². The summed E-state index contributed by atoms with van der Waals surface area (Å²) in [4.78, 5) is 14.4. The number of amides is 1. The van der Waals surface area contributed by atoms with E-state index in [1.54, 1.807) is 11.3 Å². The summed E-state index contributed by atoms with van der Waals surface area (Å²) in [6.45, 7) is 1.93. The fraction of sp³-hybridized carbons (Fsp3) is 0.688. The van der Waals surface area contributed by atoms with E-state index in [4.69, 9.17) is 0 Å². The van der Waals surface area contributed by atoms with Gasteiger partial charge < -0.3 is 4.90 Å². The van der Waals surface area contributed by atoms with Crippen molar-refractivity contribution in [3.05, 3.63) is 22.4 Å². The van der Waals surface area contributed by atoms with E-state index in [0.29, 0.717) is 17.7 Å². The molecule has 2 nitrogen and oxygen atoms in total. The predicted molar refractivity (Wildman–Crippen MR) is 79.4 cm³/mol. The van der Waals surface area contributed by atoms with E-state index in [-0.39, 0.29) is 0 Å². The molecule has 0 aromatic carbocycles. The summed E-state index contributed by atoms with van der Waals surface area (Å²) in [6, 6.07) is 2.24. The minimum absolute atomic E-state index is 0.413. The normalized spacial score (nSPS) is 22.0. The summed E-state index contributed by atoms with van der Waals surface area (Å²) in [5.74, 6) is 1.78. The molecule has 0 radical (unpaired) electrons. The molecule has 0 N–H and O–H groups in total. The van der Waals surface area contributed by atoms with Crippen LogP contribution in [0.4, 0.5) is 0 Å². The number of thiophene rings is 1. The Morgan fingerprint density at radius 3 is 2.58 bits per heavy atom. The Labute approximate surface area is 119 Å². The lowest BCUT2D eigenvalue weighted by Crippen LogP contribution is -2.38. The number of hydrogen-bond donors (Lipinski definition) is 0. The Morgan fingerprint density at radius 1 is 1.21 bits per heavy atom. The molecule has 0 atom stereocenters. The van der Waals surface area contributed by atoms with Crippen molar-refractivity contribution in [3.63, 3.8) is 0 Å². The van der Waals surface area contributed by atoms with Crippen LogP contribution in [0.3, 0.4) is 0 Å². The van der Waals surface area contributed by atoms with E-state index in [1.165, 1.54) is 31.2 Å². The molecule has 1 aliphatic carbocycles. The van der Waals surface area contributed by atoms with Gasteiger partial charge in [-0.15, -0.1) is 0 Å². The van der Waals surface area contributed by atoms with Gasteiger partial charge in [0.05, 0.1) is 0 Å². The molecule has 1 amide bonds. The second-order valence-electron chi connectivity index (χ2n) is 6.07. The molecule has 1 aromatic rings. The summed E-state index contributed by atoms with van der Waals surface area (Å²) in [5.41, 5.74) is 1.48. The van der Waals surface area contributed by atoms with Crippen LogP contribution >= 0.6 is 11.3 Å². The molecule has 0 unspecified atom stereocenters. The Bertz CT molecular complexity index is 400. The number of rotatable bonds is 3. The van der Waals surface area contributed by atoms with Crippen LogP contribution in [0.25, 0.3) is 0 Å². The number of likely N-dealkylation sites (tertiary alicyclic amines) is 1. The van der Waals surface area contributed by atoms with Gasteiger partial charge in [-0.1, -0.05) is 12.8 Å². The standard InChI is InChI=1S/C16H23NOS/c18-16(11-13-3-1-2-4-13)17-8-5-14(6-9-17)15-7-10-19-12-15/h7,10,12-14H,1-6,8-9,11H2. The minimum atomic E-state index is 0.413. The summed E-state index contributed by atoms with van der Waals surface area (Å²) in [6.07, 6.45) is 8.31. The Hall–Kier alpha value is -0.830. The molecule has 0 spiro atoms. The summed E-state index contributed by atoms with van der Waals surface area (Å²) >= 11 is 1.78. The number of carbonyl (C=O) groups excluding carboxylic acids is 1. The lowest BCUT2D eigenvalue weighted by atomic mass is 9.91. The van der Waals surface area contributed by atoms with Crippen LogP contribution in [0.2, 0.25) is 0 Å². The summed E-state index contributed by atoms with van der Waals surface area (Å²) in [5, 5.41) is 4.42. The van der Waals surface area contributed by atoms with Gasteiger partial charge in [0.2, 0.25) is 5.91 Å². The molecule has 104 valence electrons. The van der Waals surface area contributed by atoms with E-state index in [9.17, 15) is 4.79 Å². The van der Waals surface area contributed by atoms with Crippen molar-refractivity contribution >= 4 is 17.2 Å². The first-order chi connectivity index (χ1) is 9.33. The van der Waals surface area contributed by atoms with Crippen LogP contribution in [0.15, 0.2) is 16.8 Å². The van der Waals surface area contributed by atoms with Gasteiger partial charge in [-0.2, -0.15) is 11.3 Å². The fourth-order valence-electron chi connectivity index (χ4n) is 3.56. The van der Waals surface area contributed by atoms with E-state index in [1.807, 2.05) is 0 Å². The molecular formula is C16H23NOS. The third-order valence-electron chi connectivity index (χ3n) is 4.80. The maximum absolute atomic E-state index is 12.3. The summed E-state index contributed by atoms with van der Waals surface area (Å²) < 4.78 is 0. The first kappa shape index (κ1) is 13.2. The highest BCUT2D eigenvalue weighted by atomic mass is 32.1. The molecule has 3 rings (SSSR count). The third kappa shape index (κ3) is 3.19. The van der Waals surface area contributed by atoms with Crippen LogP contribution in [0.5, 0.6) is 0 Å². The number of piperidine rings is 1. The van der Waals surface area contributed by atoms with E-state index >= 15 is 0 Å². The average Bonchev–Trinajstić information content (AvgIpc) is 3.12. The Morgan fingerprint density at radius 2 is 1.95 bits per heavy atom. The molecule has 0 bridgehead atoms. The van der Waals surface area contributed by atoms with Gasteiger partial charge >= 0.3 is 0 Å². The largest absolute Gasteiger partial charge is 0.343 e. The molecule has 2 aliphatic rings. The van der Waals surface area contributed by atoms with Gasteiger partial charge in [0.15, 0.2) is 0 Å². The third-order valence-corrected chi connectivity index (χ3v) is 5.50. The number of nitrogens with zero attached hydrogens (tertiary/aromatic N) is 1. The molecule has 2 fully saturated rings. The molecule has 1 aliphatic heterocycles. The minimum Gasteiger partial charge on any atom is -0.343 e. The molecule has 1 aromatic heterocycles. The zero-order valence-corrected chi connectivity index (χ0v) is 12.3. The zero-order chi connectivity index (χ0) is 13.1. The van der Waals surface area contributed by atoms with E-state index in [2.05, 4.69) is 21.7 Å². The van der Waals surface area contributed by atoms with Gasteiger partial charge in [-0.05, 0) is 59.9 Å². The smallest absolute Gasteiger partial charge is 0.222 e. The zero-order valence-electron chi connectivity index (χ0n) is 11.5. The van der Waals surface area contributed by atoms with Crippen LogP contribution in [-0.2, 0) is 4.79 Å². The highest BCUT2D eigenvalue weighted by molar-refractivity contribution is 7.07. The SMILES string of the molecule is O=C(CC1CCCC1)N1CCC(c2ccsc2)CC1. The first-order valence-electron chi connectivity index (χ1n) is 7.63. The second-order valence-corrected chi connectivity index (χ2v) is 6.85. The molecular weight excluding hydrogens is 254 g/mol. The van der Waals surface area contributed by atoms with Crippen LogP contribution < -0.4 is 0 Å². The molecule has 3 heteroatoms. The molecule has 19 heavy (non-hydrogen) atoms. The maximum Gasteiger partial charge on any atom is 0.222 e. The summed E-state index contributed by atoms with van der Waals surface area (Å²) in [7, 11) is 0. The van der Waals surface area contributed by atoms with Crippen molar-refractivity contribution in [1.82, 2.24) is 4.90 Å². The van der Waals surface area contributed by atoms with Crippen LogP contribution in [-0.4, -0.2) is 23.9 Å². The molecule has 1 saturated heterocycles. The van der Waals surface area contributed by atoms with Crippen molar-refractivity contribution in [1.29, 1.82) is 0 Å². The predicted octanol–water partition coefficient (Wildman–Crippen LogP) is 4.03. The number of carbonyl (C=O) groups is 1. The van der Waals surface area contributed by atoms with Crippen molar-refractivity contribution in [3.8, 4) is 0 Å². The van der Waals surface area contributed by atoms with Crippen LogP contribution in [0, 0.1) is 5.92 Å². The fourth-order valence-corrected chi connectivity index (χ4v) is 4.30. The highest BCUT2D eigenvalue weighted by Crippen LogP contribution is 2.31. The van der Waals surface area contributed by atoms with Crippen molar-refractivity contribution in [2.24, 2.45) is 5.92 Å². The topological polar surface area (TPSA) is 20.3 Å². The van der Waals surface area contributed by atoms with Gasteiger partial charge in [-0.25, -0.2) is 0 Å². The lowest BCUT2D eigenvalue weighted by molar-refractivity contribution is -0.133. The van der Waals surface area contributed by atoms with Gasteiger partial charge in [0.1, 0.15) is 0 Å². The molecule has 1 saturated carbocycles. The number of hydrogen-bond acceptors (Lipinski definition) is 2. The average molecular weight is 277 g/mol. The lowest BCUT2D eigenvalue weighted by Gasteiger charge is -2.32. The van der Waals surface area contributed by atoms with Crippen molar-refractivity contribution in [2.75, 3.05) is 13.1 Å². The van der Waals surface area contributed by atoms with E-state index in [0.717, 1.165) is 32.4 Å². The van der Waals surface area contributed by atoms with Crippen molar-refractivity contribution < 1.29 is 4.79 Å². The Kier molecular flexibility index (Phi) is 4.21. The maximum atomic E-state index is 12.3. The monoisotopic (exact) mass is 277 g/mol. The van der Waals surface area contributed by atoms with Gasteiger partial charge in [0, 0.05) is 19.5 Å². The van der Waals surface area contributed by atoms with Crippen molar-refractivity contribution in [2.45, 2.75) is 50.9 Å². The molecule has 2 heterocycles.